The fourth-order valence-electron chi connectivity index (χ4n) is 9.30. The molecule has 2 aliphatic heterocycles. The Bertz CT molecular complexity index is 1050. The highest BCUT2D eigenvalue weighted by atomic mass is 16.2. The molecule has 2 saturated carbocycles. The van der Waals surface area contributed by atoms with Crippen LogP contribution >= 0.6 is 0 Å². The van der Waals surface area contributed by atoms with Gasteiger partial charge in [0, 0.05) is 25.2 Å². The van der Waals surface area contributed by atoms with Gasteiger partial charge in [0.15, 0.2) is 0 Å². The van der Waals surface area contributed by atoms with Gasteiger partial charge in [-0.05, 0) is 137 Å². The molecule has 0 aromatic heterocycles. The molecule has 240 valence electrons. The molecule has 8 heteroatoms. The van der Waals surface area contributed by atoms with Crippen molar-refractivity contribution in [3.8, 4) is 0 Å². The summed E-state index contributed by atoms with van der Waals surface area (Å²) in [7, 11) is 0. The second-order valence-corrected chi connectivity index (χ2v) is 15.9. The predicted octanol–water partition coefficient (Wildman–Crippen LogP) is 5.32. The summed E-state index contributed by atoms with van der Waals surface area (Å²) >= 11 is 0. The SMILES string of the molecule is C=CC(=O)N1C(C)(C)CN(C2CCC(CC3CCC(N4CC(C)(C)N(C(=O)C=C)C(C)(C)C4=O)CC3)CC2)C(=O)C1(C)C. The first-order chi connectivity index (χ1) is 19.9. The lowest BCUT2D eigenvalue weighted by Crippen LogP contribution is -2.73. The van der Waals surface area contributed by atoms with E-state index in [9.17, 15) is 19.2 Å². The van der Waals surface area contributed by atoms with Gasteiger partial charge >= 0.3 is 0 Å². The van der Waals surface area contributed by atoms with Gasteiger partial charge in [0.05, 0.1) is 11.1 Å². The second-order valence-electron chi connectivity index (χ2n) is 15.9. The zero-order valence-electron chi connectivity index (χ0n) is 28.1. The van der Waals surface area contributed by atoms with E-state index in [0.717, 1.165) is 51.4 Å². The Kier molecular flexibility index (Phi) is 9.05. The van der Waals surface area contributed by atoms with Gasteiger partial charge in [0.1, 0.15) is 11.1 Å². The van der Waals surface area contributed by atoms with Crippen LogP contribution in [-0.2, 0) is 19.2 Å². The number of hydrogen-bond acceptors (Lipinski definition) is 4. The van der Waals surface area contributed by atoms with Gasteiger partial charge in [-0.1, -0.05) is 13.2 Å². The van der Waals surface area contributed by atoms with Crippen LogP contribution < -0.4 is 0 Å². The fourth-order valence-corrected chi connectivity index (χ4v) is 9.30. The number of rotatable bonds is 6. The van der Waals surface area contributed by atoms with Crippen molar-refractivity contribution in [3.05, 3.63) is 25.3 Å². The highest BCUT2D eigenvalue weighted by Crippen LogP contribution is 2.42. The van der Waals surface area contributed by atoms with Crippen molar-refractivity contribution in [2.75, 3.05) is 13.1 Å². The summed E-state index contributed by atoms with van der Waals surface area (Å²) in [6, 6.07) is 0.451. The van der Waals surface area contributed by atoms with E-state index in [4.69, 9.17) is 0 Å². The maximum Gasteiger partial charge on any atom is 0.248 e. The molecule has 2 aliphatic carbocycles. The number of piperazine rings is 2. The third-order valence-corrected chi connectivity index (χ3v) is 11.0. The fraction of sp³-hybridized carbons (Fsp3) is 0.771. The van der Waals surface area contributed by atoms with Crippen LogP contribution in [0.3, 0.4) is 0 Å². The van der Waals surface area contributed by atoms with Crippen LogP contribution in [0.1, 0.15) is 113 Å². The van der Waals surface area contributed by atoms with E-state index < -0.39 is 22.2 Å². The topological polar surface area (TPSA) is 81.2 Å². The van der Waals surface area contributed by atoms with Crippen molar-refractivity contribution in [1.82, 2.24) is 19.6 Å². The zero-order chi connectivity index (χ0) is 32.1. The highest BCUT2D eigenvalue weighted by molar-refractivity contribution is 5.97. The van der Waals surface area contributed by atoms with Crippen LogP contribution in [0.4, 0.5) is 0 Å². The Balaban J connectivity index is 1.30. The van der Waals surface area contributed by atoms with Gasteiger partial charge in [-0.3, -0.25) is 19.2 Å². The van der Waals surface area contributed by atoms with Crippen LogP contribution in [-0.4, -0.2) is 90.6 Å². The minimum atomic E-state index is -0.901. The van der Waals surface area contributed by atoms with E-state index >= 15 is 0 Å². The molecule has 0 atom stereocenters. The number of carbonyl (C=O) groups is 4. The van der Waals surface area contributed by atoms with Crippen molar-refractivity contribution in [2.45, 2.75) is 147 Å². The minimum absolute atomic E-state index is 0.0411. The summed E-state index contributed by atoms with van der Waals surface area (Å²) in [5.74, 6) is 1.04. The van der Waals surface area contributed by atoms with Gasteiger partial charge in [-0.2, -0.15) is 0 Å². The molecule has 4 rings (SSSR count). The van der Waals surface area contributed by atoms with Crippen molar-refractivity contribution in [1.29, 1.82) is 0 Å². The number of carbonyl (C=O) groups excluding carboxylic acids is 4. The Labute approximate surface area is 259 Å². The normalized spacial score (nSPS) is 31.9. The maximum absolute atomic E-state index is 13.6. The summed E-state index contributed by atoms with van der Waals surface area (Å²) in [6.07, 6.45) is 12.4. The molecule has 2 heterocycles. The van der Waals surface area contributed by atoms with Gasteiger partial charge < -0.3 is 19.6 Å². The summed E-state index contributed by atoms with van der Waals surface area (Å²) < 4.78 is 0. The van der Waals surface area contributed by atoms with Crippen LogP contribution in [0.15, 0.2) is 25.3 Å². The predicted molar refractivity (Wildman–Crippen MR) is 170 cm³/mol. The molecule has 0 aromatic rings. The van der Waals surface area contributed by atoms with Gasteiger partial charge in [-0.25, -0.2) is 0 Å². The van der Waals surface area contributed by atoms with Crippen molar-refractivity contribution in [3.63, 3.8) is 0 Å². The number of amides is 4. The molecular formula is C35H56N4O4. The van der Waals surface area contributed by atoms with Crippen molar-refractivity contribution >= 4 is 23.6 Å². The third kappa shape index (κ3) is 6.04. The quantitative estimate of drug-likeness (QED) is 0.389. The lowest BCUT2D eigenvalue weighted by molar-refractivity contribution is -0.172. The van der Waals surface area contributed by atoms with Crippen LogP contribution in [0.2, 0.25) is 0 Å². The number of nitrogens with zero attached hydrogens (tertiary/aromatic N) is 4. The minimum Gasteiger partial charge on any atom is -0.335 e. The average Bonchev–Trinajstić information content (AvgIpc) is 2.93. The number of hydrogen-bond donors (Lipinski definition) is 0. The first-order valence-corrected chi connectivity index (χ1v) is 16.4. The Morgan fingerprint density at radius 3 is 1.21 bits per heavy atom. The van der Waals surface area contributed by atoms with E-state index in [2.05, 4.69) is 23.0 Å². The Morgan fingerprint density at radius 1 is 0.628 bits per heavy atom. The monoisotopic (exact) mass is 596 g/mol. The molecule has 0 unspecified atom stereocenters. The smallest absolute Gasteiger partial charge is 0.248 e. The standard InChI is InChI=1S/C35H56N4O4/c1-11-28(40)38-32(3,4)22-36(30(42)34(38,7)8)26-17-13-24(14-18-26)21-25-15-19-27(20-16-25)37-23-33(5,6)39(29(41)12-2)35(9,10)31(37)43/h11-12,24-27H,1-2,13-23H2,3-10H3. The molecule has 0 N–H and O–H groups in total. The molecule has 0 radical (unpaired) electrons. The van der Waals surface area contributed by atoms with Crippen LogP contribution in [0, 0.1) is 11.8 Å². The molecule has 43 heavy (non-hydrogen) atoms. The highest BCUT2D eigenvalue weighted by Gasteiger charge is 2.55. The summed E-state index contributed by atoms with van der Waals surface area (Å²) in [5, 5.41) is 0. The molecule has 0 bridgehead atoms. The molecule has 0 spiro atoms. The summed E-state index contributed by atoms with van der Waals surface area (Å²) in [4.78, 5) is 60.2. The van der Waals surface area contributed by atoms with E-state index in [0.29, 0.717) is 24.9 Å². The first-order valence-electron chi connectivity index (χ1n) is 16.4. The zero-order valence-corrected chi connectivity index (χ0v) is 28.1. The lowest BCUT2D eigenvalue weighted by atomic mass is 9.74. The van der Waals surface area contributed by atoms with E-state index in [1.807, 2.05) is 55.4 Å². The van der Waals surface area contributed by atoms with E-state index in [1.54, 1.807) is 9.80 Å². The molecule has 2 saturated heterocycles. The molecule has 8 nitrogen and oxygen atoms in total. The summed E-state index contributed by atoms with van der Waals surface area (Å²) in [5.41, 5.74) is -2.72. The Hall–Kier alpha value is -2.64. The van der Waals surface area contributed by atoms with E-state index in [-0.39, 0.29) is 35.7 Å². The maximum atomic E-state index is 13.6. The second kappa shape index (κ2) is 11.7. The molecular weight excluding hydrogens is 540 g/mol. The van der Waals surface area contributed by atoms with Crippen LogP contribution in [0.25, 0.3) is 0 Å². The molecule has 4 fully saturated rings. The first kappa shape index (κ1) is 33.3. The molecule has 4 amide bonds. The van der Waals surface area contributed by atoms with Crippen LogP contribution in [0.5, 0.6) is 0 Å². The lowest BCUT2D eigenvalue weighted by Gasteiger charge is -2.57. The van der Waals surface area contributed by atoms with Crippen molar-refractivity contribution in [2.24, 2.45) is 11.8 Å². The third-order valence-electron chi connectivity index (χ3n) is 11.0. The molecule has 0 aromatic carbocycles. The molecule has 4 aliphatic rings. The summed E-state index contributed by atoms with van der Waals surface area (Å²) in [6.45, 7) is 24.1. The van der Waals surface area contributed by atoms with E-state index in [1.165, 1.54) is 18.6 Å². The van der Waals surface area contributed by atoms with Gasteiger partial charge in [-0.15, -0.1) is 0 Å². The van der Waals surface area contributed by atoms with Crippen molar-refractivity contribution < 1.29 is 19.2 Å². The average molecular weight is 597 g/mol. The van der Waals surface area contributed by atoms with Gasteiger partial charge in [0.25, 0.3) is 0 Å². The van der Waals surface area contributed by atoms with Gasteiger partial charge in [0.2, 0.25) is 23.6 Å². The largest absolute Gasteiger partial charge is 0.335 e. The Morgan fingerprint density at radius 2 is 0.930 bits per heavy atom.